The molecule has 1 fully saturated rings. The molecule has 6 rings (SSSR count). The number of hydrogen-bond acceptors (Lipinski definition) is 7. The largest absolute Gasteiger partial charge is 0.368 e. The Balaban J connectivity index is 1.31. The van der Waals surface area contributed by atoms with Crippen LogP contribution >= 0.6 is 23.2 Å². The molecular formula is C26H22Cl2N8O2. The number of rotatable bonds is 4. The number of fused-ring (bicyclic) bond motifs is 3. The van der Waals surface area contributed by atoms with Crippen LogP contribution in [-0.4, -0.2) is 60.9 Å². The number of piperazine rings is 1. The van der Waals surface area contributed by atoms with Crippen LogP contribution in [-0.2, 0) is 4.79 Å². The summed E-state index contributed by atoms with van der Waals surface area (Å²) < 4.78 is 3.07. The third kappa shape index (κ3) is 4.21. The molecule has 38 heavy (non-hydrogen) atoms. The maximum atomic E-state index is 13.5. The Labute approximate surface area is 227 Å². The van der Waals surface area contributed by atoms with Gasteiger partial charge in [-0.05, 0) is 36.4 Å². The number of hydrogen-bond donors (Lipinski definition) is 1. The van der Waals surface area contributed by atoms with Gasteiger partial charge in [-0.15, -0.1) is 0 Å². The number of para-hydroxylation sites is 1. The zero-order valence-corrected chi connectivity index (χ0v) is 21.8. The first kappa shape index (κ1) is 24.2. The quantitative estimate of drug-likeness (QED) is 0.360. The minimum Gasteiger partial charge on any atom is -0.368 e. The third-order valence-corrected chi connectivity index (χ3v) is 7.24. The molecule has 1 aliphatic heterocycles. The van der Waals surface area contributed by atoms with Gasteiger partial charge >= 0.3 is 0 Å². The average Bonchev–Trinajstić information content (AvgIpc) is 3.41. The second kappa shape index (κ2) is 9.62. The van der Waals surface area contributed by atoms with E-state index < -0.39 is 0 Å². The van der Waals surface area contributed by atoms with E-state index in [1.54, 1.807) is 41.9 Å². The van der Waals surface area contributed by atoms with E-state index in [0.717, 1.165) is 24.5 Å². The number of carbonyl (C=O) groups excluding carboxylic acids is 1. The molecule has 0 radical (unpaired) electrons. The number of carbonyl (C=O) groups is 1. The maximum absolute atomic E-state index is 13.5. The van der Waals surface area contributed by atoms with Crippen LogP contribution in [0.4, 0.5) is 17.3 Å². The Bertz CT molecular complexity index is 1720. The third-order valence-electron chi connectivity index (χ3n) is 6.63. The molecule has 10 nitrogen and oxygen atoms in total. The molecular weight excluding hydrogens is 527 g/mol. The van der Waals surface area contributed by atoms with E-state index in [-0.39, 0.29) is 16.9 Å². The van der Waals surface area contributed by atoms with E-state index in [9.17, 15) is 9.59 Å². The molecule has 0 bridgehead atoms. The maximum Gasteiger partial charge on any atom is 0.270 e. The van der Waals surface area contributed by atoms with E-state index in [0.29, 0.717) is 46.2 Å². The van der Waals surface area contributed by atoms with Crippen LogP contribution in [0.25, 0.3) is 22.5 Å². The van der Waals surface area contributed by atoms with Crippen molar-refractivity contribution in [1.82, 2.24) is 28.8 Å². The summed E-state index contributed by atoms with van der Waals surface area (Å²) in [5, 5.41) is 4.15. The van der Waals surface area contributed by atoms with E-state index >= 15 is 0 Å². The van der Waals surface area contributed by atoms with Gasteiger partial charge in [0.2, 0.25) is 17.6 Å². The lowest BCUT2D eigenvalue weighted by molar-refractivity contribution is -0.129. The molecule has 0 spiro atoms. The Morgan fingerprint density at radius 1 is 0.974 bits per heavy atom. The van der Waals surface area contributed by atoms with Crippen molar-refractivity contribution in [2.24, 2.45) is 0 Å². The van der Waals surface area contributed by atoms with E-state index in [2.05, 4.69) is 25.2 Å². The molecule has 0 atom stereocenters. The standard InChI is InChI=1S/C26H22Cl2N8O2/c1-16(37)33-11-13-34(14-12-33)18-7-5-17(6-8-18)31-25-30-15-19-23(32-25)35-10-9-29-26(35)36(24(19)38)22-20(27)3-2-4-21(22)28/h2-10,15H,11-14H2,1H3,(H,30,31,32). The summed E-state index contributed by atoms with van der Waals surface area (Å²) >= 11 is 12.8. The second-order valence-electron chi connectivity index (χ2n) is 8.90. The van der Waals surface area contributed by atoms with Gasteiger partial charge in [-0.2, -0.15) is 4.98 Å². The SMILES string of the molecule is CC(=O)N1CCN(c2ccc(Nc3ncc4c(=O)n(-c5c(Cl)cccc5Cl)c5nccn5c4n3)cc2)CC1. The van der Waals surface area contributed by atoms with Gasteiger partial charge in [0, 0.05) is 63.1 Å². The minimum absolute atomic E-state index is 0.110. The Kier molecular flexibility index (Phi) is 6.13. The number of amides is 1. The highest BCUT2D eigenvalue weighted by Crippen LogP contribution is 2.29. The molecule has 2 aromatic carbocycles. The molecule has 1 N–H and O–H groups in total. The topological polar surface area (TPSA) is 101 Å². The van der Waals surface area contributed by atoms with Gasteiger partial charge < -0.3 is 15.1 Å². The summed E-state index contributed by atoms with van der Waals surface area (Å²) in [6.45, 7) is 4.61. The van der Waals surface area contributed by atoms with Crippen molar-refractivity contribution >= 4 is 63.2 Å². The van der Waals surface area contributed by atoms with Gasteiger partial charge in [0.15, 0.2) is 5.65 Å². The number of aromatic nitrogens is 5. The van der Waals surface area contributed by atoms with E-state index in [4.69, 9.17) is 23.2 Å². The normalized spacial score (nSPS) is 13.9. The molecule has 3 aromatic heterocycles. The first-order chi connectivity index (χ1) is 18.4. The summed E-state index contributed by atoms with van der Waals surface area (Å²) in [6, 6.07) is 13.0. The fourth-order valence-electron chi connectivity index (χ4n) is 4.67. The van der Waals surface area contributed by atoms with Crippen LogP contribution < -0.4 is 15.8 Å². The number of anilines is 3. The van der Waals surface area contributed by atoms with Crippen molar-refractivity contribution in [3.63, 3.8) is 0 Å². The highest BCUT2D eigenvalue weighted by atomic mass is 35.5. The number of nitrogens with zero attached hydrogens (tertiary/aromatic N) is 7. The number of benzene rings is 2. The highest BCUT2D eigenvalue weighted by Gasteiger charge is 2.20. The van der Waals surface area contributed by atoms with Crippen LogP contribution in [0.15, 0.2) is 65.8 Å². The van der Waals surface area contributed by atoms with Crippen molar-refractivity contribution in [3.05, 3.63) is 81.5 Å². The van der Waals surface area contributed by atoms with Gasteiger partial charge in [0.25, 0.3) is 5.56 Å². The number of halogens is 2. The van der Waals surface area contributed by atoms with Crippen LogP contribution in [0.1, 0.15) is 6.92 Å². The summed E-state index contributed by atoms with van der Waals surface area (Å²) in [5.74, 6) is 0.777. The molecule has 0 unspecified atom stereocenters. The fraction of sp³-hybridized carbons (Fsp3) is 0.192. The second-order valence-corrected chi connectivity index (χ2v) is 9.72. The van der Waals surface area contributed by atoms with Crippen LogP contribution in [0.2, 0.25) is 10.0 Å². The molecule has 0 aliphatic carbocycles. The van der Waals surface area contributed by atoms with Crippen molar-refractivity contribution in [3.8, 4) is 5.69 Å². The summed E-state index contributed by atoms with van der Waals surface area (Å²) in [6.07, 6.45) is 4.78. The summed E-state index contributed by atoms with van der Waals surface area (Å²) in [4.78, 5) is 42.6. The van der Waals surface area contributed by atoms with Gasteiger partial charge in [-0.25, -0.2) is 14.5 Å². The summed E-state index contributed by atoms with van der Waals surface area (Å²) in [7, 11) is 0. The molecule has 0 saturated carbocycles. The molecule has 12 heteroatoms. The predicted molar refractivity (Wildman–Crippen MR) is 148 cm³/mol. The van der Waals surface area contributed by atoms with E-state index in [1.807, 2.05) is 29.2 Å². The number of imidazole rings is 1. The predicted octanol–water partition coefficient (Wildman–Crippen LogP) is 4.15. The lowest BCUT2D eigenvalue weighted by Gasteiger charge is -2.35. The van der Waals surface area contributed by atoms with Gasteiger partial charge in [0.05, 0.1) is 15.7 Å². The highest BCUT2D eigenvalue weighted by molar-refractivity contribution is 6.37. The Morgan fingerprint density at radius 3 is 2.37 bits per heavy atom. The molecule has 5 aromatic rings. The molecule has 1 aliphatic rings. The lowest BCUT2D eigenvalue weighted by atomic mass is 10.2. The van der Waals surface area contributed by atoms with Crippen molar-refractivity contribution in [1.29, 1.82) is 0 Å². The molecule has 4 heterocycles. The number of nitrogens with one attached hydrogen (secondary N) is 1. The lowest BCUT2D eigenvalue weighted by Crippen LogP contribution is -2.48. The van der Waals surface area contributed by atoms with Crippen molar-refractivity contribution in [2.45, 2.75) is 6.92 Å². The zero-order valence-electron chi connectivity index (χ0n) is 20.3. The first-order valence-electron chi connectivity index (χ1n) is 12.0. The Morgan fingerprint density at radius 2 is 1.68 bits per heavy atom. The molecule has 192 valence electrons. The van der Waals surface area contributed by atoms with Crippen LogP contribution in [0, 0.1) is 0 Å². The fourth-order valence-corrected chi connectivity index (χ4v) is 5.24. The van der Waals surface area contributed by atoms with E-state index in [1.165, 1.54) is 10.8 Å². The summed E-state index contributed by atoms with van der Waals surface area (Å²) in [5.41, 5.74) is 2.25. The van der Waals surface area contributed by atoms with Crippen LogP contribution in [0.3, 0.4) is 0 Å². The van der Waals surface area contributed by atoms with Crippen LogP contribution in [0.5, 0.6) is 0 Å². The van der Waals surface area contributed by atoms with Gasteiger partial charge in [0.1, 0.15) is 5.39 Å². The minimum atomic E-state index is -0.380. The monoisotopic (exact) mass is 548 g/mol. The smallest absolute Gasteiger partial charge is 0.270 e. The van der Waals surface area contributed by atoms with Gasteiger partial charge in [-0.1, -0.05) is 29.3 Å². The zero-order chi connectivity index (χ0) is 26.4. The molecule has 1 amide bonds. The average molecular weight is 549 g/mol. The van der Waals surface area contributed by atoms with Gasteiger partial charge in [-0.3, -0.25) is 14.0 Å². The Hall–Kier alpha value is -4.15. The van der Waals surface area contributed by atoms with Crippen molar-refractivity contribution in [2.75, 3.05) is 36.4 Å². The first-order valence-corrected chi connectivity index (χ1v) is 12.7. The van der Waals surface area contributed by atoms with Crippen molar-refractivity contribution < 1.29 is 4.79 Å². The molecule has 1 saturated heterocycles.